The van der Waals surface area contributed by atoms with E-state index < -0.39 is 0 Å². The van der Waals surface area contributed by atoms with E-state index in [0.29, 0.717) is 5.82 Å². The molecule has 3 rings (SSSR count). The topological polar surface area (TPSA) is 43.8 Å². The van der Waals surface area contributed by atoms with Crippen LogP contribution in [0.4, 0.5) is 5.82 Å². The molecule has 1 aromatic carbocycles. The Kier molecular flexibility index (Phi) is 3.35. The van der Waals surface area contributed by atoms with Crippen LogP contribution >= 0.6 is 15.9 Å². The van der Waals surface area contributed by atoms with Crippen LogP contribution in [0, 0.1) is 0 Å². The fourth-order valence-corrected chi connectivity index (χ4v) is 3.58. The summed E-state index contributed by atoms with van der Waals surface area (Å²) in [5.74, 6) is 1.41. The number of nitrogens with zero attached hydrogens (tertiary/aromatic N) is 2. The number of nitrogens with two attached hydrogens (primary N) is 1. The lowest BCUT2D eigenvalue weighted by Crippen LogP contribution is -1.96. The van der Waals surface area contributed by atoms with Crippen molar-refractivity contribution in [3.8, 4) is 11.3 Å². The van der Waals surface area contributed by atoms with E-state index in [0.717, 1.165) is 17.2 Å². The van der Waals surface area contributed by atoms with Gasteiger partial charge in [0.1, 0.15) is 5.82 Å². The second-order valence-corrected chi connectivity index (χ2v) is 6.15. The van der Waals surface area contributed by atoms with E-state index >= 15 is 0 Å². The number of halogens is 1. The van der Waals surface area contributed by atoms with Crippen LogP contribution in [0.5, 0.6) is 0 Å². The minimum absolute atomic E-state index is 0.686. The summed E-state index contributed by atoms with van der Waals surface area (Å²) in [4.78, 5) is 0. The van der Waals surface area contributed by atoms with Gasteiger partial charge in [0.15, 0.2) is 0 Å². The van der Waals surface area contributed by atoms with Crippen molar-refractivity contribution >= 4 is 21.7 Å². The Morgan fingerprint density at radius 3 is 2.58 bits per heavy atom. The van der Waals surface area contributed by atoms with Crippen LogP contribution in [0.25, 0.3) is 11.3 Å². The summed E-state index contributed by atoms with van der Waals surface area (Å²) in [5, 5.41) is 4.42. The molecule has 19 heavy (non-hydrogen) atoms. The summed E-state index contributed by atoms with van der Waals surface area (Å²) in [5.41, 5.74) is 9.31. The van der Waals surface area contributed by atoms with Gasteiger partial charge < -0.3 is 5.73 Å². The molecule has 100 valence electrons. The number of nitrogen functional groups attached to an aromatic ring is 1. The zero-order chi connectivity index (χ0) is 13.4. The molecule has 3 nitrogen and oxygen atoms in total. The van der Waals surface area contributed by atoms with Gasteiger partial charge in [0, 0.05) is 23.2 Å². The molecular weight excluding hydrogens is 302 g/mol. The Bertz CT molecular complexity index is 578. The van der Waals surface area contributed by atoms with E-state index in [-0.39, 0.29) is 0 Å². The Balaban J connectivity index is 1.94. The predicted molar refractivity (Wildman–Crippen MR) is 82.0 cm³/mol. The van der Waals surface area contributed by atoms with Crippen molar-refractivity contribution in [1.29, 1.82) is 0 Å². The number of hydrogen-bond acceptors (Lipinski definition) is 2. The molecule has 1 aliphatic carbocycles. The highest BCUT2D eigenvalue weighted by molar-refractivity contribution is 9.10. The summed E-state index contributed by atoms with van der Waals surface area (Å²) in [6.07, 6.45) is 5.34. The zero-order valence-electron chi connectivity index (χ0n) is 11.1. The molecule has 2 aromatic rings. The van der Waals surface area contributed by atoms with Crippen LogP contribution in [0.15, 0.2) is 28.7 Å². The lowest BCUT2D eigenvalue weighted by molar-refractivity contribution is 0.720. The summed E-state index contributed by atoms with van der Waals surface area (Å²) in [7, 11) is 1.86. The van der Waals surface area contributed by atoms with Gasteiger partial charge in [0.25, 0.3) is 0 Å². The van der Waals surface area contributed by atoms with Crippen molar-refractivity contribution in [2.75, 3.05) is 5.73 Å². The minimum Gasteiger partial charge on any atom is -0.384 e. The number of hydrogen-bond donors (Lipinski definition) is 1. The molecule has 1 aliphatic rings. The van der Waals surface area contributed by atoms with Crippen LogP contribution in [-0.2, 0) is 7.05 Å². The van der Waals surface area contributed by atoms with E-state index in [9.17, 15) is 0 Å². The van der Waals surface area contributed by atoms with Crippen molar-refractivity contribution in [1.82, 2.24) is 9.78 Å². The zero-order valence-corrected chi connectivity index (χ0v) is 12.7. The Labute approximate surface area is 121 Å². The first-order valence-corrected chi connectivity index (χ1v) is 7.54. The lowest BCUT2D eigenvalue weighted by Gasteiger charge is -2.12. The van der Waals surface area contributed by atoms with Crippen molar-refractivity contribution < 1.29 is 0 Å². The average molecular weight is 320 g/mol. The molecule has 0 amide bonds. The molecule has 0 radical (unpaired) electrons. The standard InChI is InChI=1S/C15H18BrN3/c1-19-15(17)9-14(18-19)11-6-7-12(13(16)8-11)10-4-2-3-5-10/h6-10H,2-5,17H2,1H3. The van der Waals surface area contributed by atoms with E-state index in [1.54, 1.807) is 4.68 Å². The molecule has 0 unspecified atom stereocenters. The summed E-state index contributed by atoms with van der Waals surface area (Å²) >= 11 is 3.71. The average Bonchev–Trinajstić information content (AvgIpc) is 3.00. The quantitative estimate of drug-likeness (QED) is 0.906. The van der Waals surface area contributed by atoms with E-state index in [1.165, 1.54) is 35.7 Å². The maximum Gasteiger partial charge on any atom is 0.121 e. The van der Waals surface area contributed by atoms with Crippen molar-refractivity contribution in [3.63, 3.8) is 0 Å². The highest BCUT2D eigenvalue weighted by Crippen LogP contribution is 2.39. The smallest absolute Gasteiger partial charge is 0.121 e. The van der Waals surface area contributed by atoms with Gasteiger partial charge in [-0.05, 0) is 30.4 Å². The highest BCUT2D eigenvalue weighted by Gasteiger charge is 2.19. The summed E-state index contributed by atoms with van der Waals surface area (Å²) < 4.78 is 2.90. The molecule has 0 atom stereocenters. The normalized spacial score (nSPS) is 16.1. The fourth-order valence-electron chi connectivity index (χ4n) is 2.88. The van der Waals surface area contributed by atoms with Crippen LogP contribution < -0.4 is 5.73 Å². The molecule has 1 heterocycles. The third-order valence-corrected chi connectivity index (χ3v) is 4.69. The molecule has 0 saturated heterocycles. The summed E-state index contributed by atoms with van der Waals surface area (Å²) in [6, 6.07) is 8.47. The van der Waals surface area contributed by atoms with Gasteiger partial charge >= 0.3 is 0 Å². The van der Waals surface area contributed by atoms with Crippen molar-refractivity contribution in [2.45, 2.75) is 31.6 Å². The third kappa shape index (κ3) is 2.41. The molecule has 0 aliphatic heterocycles. The van der Waals surface area contributed by atoms with Crippen LogP contribution in [0.1, 0.15) is 37.2 Å². The number of benzene rings is 1. The van der Waals surface area contributed by atoms with Gasteiger partial charge in [-0.3, -0.25) is 4.68 Å². The van der Waals surface area contributed by atoms with Gasteiger partial charge in [-0.1, -0.05) is 40.9 Å². The molecule has 2 N–H and O–H groups in total. The first-order chi connectivity index (χ1) is 9.15. The molecular formula is C15H18BrN3. The first kappa shape index (κ1) is 12.7. The monoisotopic (exact) mass is 319 g/mol. The number of rotatable bonds is 2. The molecule has 4 heteroatoms. The Morgan fingerprint density at radius 2 is 2.00 bits per heavy atom. The van der Waals surface area contributed by atoms with Gasteiger partial charge in [0.2, 0.25) is 0 Å². The summed E-state index contributed by atoms with van der Waals surface area (Å²) in [6.45, 7) is 0. The van der Waals surface area contributed by atoms with Crippen molar-refractivity contribution in [2.24, 2.45) is 7.05 Å². The third-order valence-electron chi connectivity index (χ3n) is 4.01. The van der Waals surface area contributed by atoms with Crippen LogP contribution in [0.2, 0.25) is 0 Å². The second-order valence-electron chi connectivity index (χ2n) is 5.30. The van der Waals surface area contributed by atoms with E-state index in [2.05, 4.69) is 39.2 Å². The first-order valence-electron chi connectivity index (χ1n) is 6.74. The molecule has 0 spiro atoms. The Morgan fingerprint density at radius 1 is 1.26 bits per heavy atom. The fraction of sp³-hybridized carbons (Fsp3) is 0.400. The SMILES string of the molecule is Cn1nc(-c2ccc(C3CCCC3)c(Br)c2)cc1N. The van der Waals surface area contributed by atoms with E-state index in [4.69, 9.17) is 5.73 Å². The van der Waals surface area contributed by atoms with Gasteiger partial charge in [-0.25, -0.2) is 0 Å². The lowest BCUT2D eigenvalue weighted by atomic mass is 9.96. The Hall–Kier alpha value is -1.29. The molecule has 1 saturated carbocycles. The van der Waals surface area contributed by atoms with Gasteiger partial charge in [0.05, 0.1) is 5.69 Å². The maximum atomic E-state index is 5.83. The minimum atomic E-state index is 0.686. The predicted octanol–water partition coefficient (Wildman–Crippen LogP) is 4.09. The van der Waals surface area contributed by atoms with E-state index in [1.807, 2.05) is 13.1 Å². The maximum absolute atomic E-state index is 5.83. The van der Waals surface area contributed by atoms with Gasteiger partial charge in [-0.15, -0.1) is 0 Å². The largest absolute Gasteiger partial charge is 0.384 e. The van der Waals surface area contributed by atoms with Crippen molar-refractivity contribution in [3.05, 3.63) is 34.3 Å². The molecule has 1 fully saturated rings. The van der Waals surface area contributed by atoms with Crippen LogP contribution in [0.3, 0.4) is 0 Å². The molecule has 0 bridgehead atoms. The van der Waals surface area contributed by atoms with Crippen LogP contribution in [-0.4, -0.2) is 9.78 Å². The number of aryl methyl sites for hydroxylation is 1. The van der Waals surface area contributed by atoms with Gasteiger partial charge in [-0.2, -0.15) is 5.10 Å². The second kappa shape index (κ2) is 5.00. The highest BCUT2D eigenvalue weighted by atomic mass is 79.9. The molecule has 1 aromatic heterocycles. The number of anilines is 1. The number of aromatic nitrogens is 2.